The summed E-state index contributed by atoms with van der Waals surface area (Å²) in [7, 11) is 0. The van der Waals surface area contributed by atoms with E-state index in [9.17, 15) is 14.3 Å². The number of carboxylic acid groups (broad SMARTS) is 1. The second-order valence-corrected chi connectivity index (χ2v) is 9.97. The minimum Gasteiger partial charge on any atom is -0.477 e. The number of hydrogen-bond donors (Lipinski definition) is 3. The molecule has 6 rings (SSSR count). The van der Waals surface area contributed by atoms with E-state index in [-0.39, 0.29) is 17.4 Å². The minimum absolute atomic E-state index is 0.0127. The maximum Gasteiger partial charge on any atom is 0.352 e. The summed E-state index contributed by atoms with van der Waals surface area (Å²) in [6.45, 7) is 4.07. The van der Waals surface area contributed by atoms with Crippen molar-refractivity contribution in [2.24, 2.45) is 0 Å². The largest absolute Gasteiger partial charge is 0.477 e. The third-order valence-electron chi connectivity index (χ3n) is 6.61. The average molecular weight is 484 g/mol. The Balaban J connectivity index is 1.64. The quantitative estimate of drug-likeness (QED) is 0.244. The number of fused-ring (bicyclic) bond motifs is 2. The van der Waals surface area contributed by atoms with Crippen LogP contribution in [-0.4, -0.2) is 26.0 Å². The average Bonchev–Trinajstić information content (AvgIpc) is 3.62. The van der Waals surface area contributed by atoms with E-state index in [1.165, 1.54) is 12.1 Å². The highest BCUT2D eigenvalue weighted by Gasteiger charge is 2.29. The first-order valence-electron chi connectivity index (χ1n) is 11.4. The van der Waals surface area contributed by atoms with Crippen molar-refractivity contribution in [3.05, 3.63) is 87.4 Å². The fourth-order valence-corrected chi connectivity index (χ4v) is 5.84. The van der Waals surface area contributed by atoms with Crippen molar-refractivity contribution in [1.29, 1.82) is 0 Å². The van der Waals surface area contributed by atoms with Crippen LogP contribution in [0.4, 0.5) is 4.39 Å². The van der Waals surface area contributed by atoms with E-state index in [1.807, 2.05) is 37.4 Å². The Labute approximate surface area is 205 Å². The summed E-state index contributed by atoms with van der Waals surface area (Å²) in [5.41, 5.74) is 7.71. The molecule has 1 aliphatic carbocycles. The van der Waals surface area contributed by atoms with Gasteiger partial charge in [-0.3, -0.25) is 0 Å². The number of aromatic nitrogens is 3. The maximum atomic E-state index is 14.6. The molecule has 1 aliphatic rings. The topological polar surface area (TPSA) is 81.8 Å². The number of benzene rings is 2. The van der Waals surface area contributed by atoms with Gasteiger partial charge in [-0.1, -0.05) is 32.0 Å². The molecule has 3 heterocycles. The summed E-state index contributed by atoms with van der Waals surface area (Å²) in [5, 5.41) is 14.0. The molecular weight excluding hydrogens is 461 g/mol. The van der Waals surface area contributed by atoms with E-state index in [0.717, 1.165) is 44.6 Å². The van der Waals surface area contributed by atoms with Crippen LogP contribution in [0.15, 0.2) is 54.2 Å². The third kappa shape index (κ3) is 3.42. The number of rotatable bonds is 5. The molecule has 0 saturated heterocycles. The number of hydrogen-bond acceptors (Lipinski definition) is 3. The highest BCUT2D eigenvalue weighted by molar-refractivity contribution is 7.10. The molecule has 0 aliphatic heterocycles. The minimum atomic E-state index is -1.05. The normalized spacial score (nSPS) is 13.0. The Hall–Kier alpha value is -3.97. The van der Waals surface area contributed by atoms with Crippen molar-refractivity contribution in [2.75, 3.05) is 0 Å². The van der Waals surface area contributed by atoms with Gasteiger partial charge in [-0.05, 0) is 58.0 Å². The lowest BCUT2D eigenvalue weighted by atomic mass is 9.87. The van der Waals surface area contributed by atoms with E-state index in [1.54, 1.807) is 23.7 Å². The summed E-state index contributed by atoms with van der Waals surface area (Å²) in [6, 6.07) is 10.8. The third-order valence-corrected chi connectivity index (χ3v) is 7.45. The fourth-order valence-electron chi connectivity index (χ4n) is 5.19. The number of H-pyrrole nitrogens is 2. The monoisotopic (exact) mass is 483 g/mol. The zero-order valence-electron chi connectivity index (χ0n) is 19.1. The van der Waals surface area contributed by atoms with Crippen LogP contribution in [0, 0.1) is 5.82 Å². The van der Waals surface area contributed by atoms with E-state index in [0.29, 0.717) is 22.3 Å². The first-order valence-corrected chi connectivity index (χ1v) is 12.3. The first kappa shape index (κ1) is 21.6. The molecule has 2 aromatic carbocycles. The van der Waals surface area contributed by atoms with Gasteiger partial charge in [0.25, 0.3) is 0 Å². The van der Waals surface area contributed by atoms with Crippen molar-refractivity contribution in [2.45, 2.75) is 26.2 Å². The first-order chi connectivity index (χ1) is 16.9. The van der Waals surface area contributed by atoms with Gasteiger partial charge >= 0.3 is 5.97 Å². The molecule has 174 valence electrons. The highest BCUT2D eigenvalue weighted by Crippen LogP contribution is 2.46. The lowest BCUT2D eigenvalue weighted by molar-refractivity contribution is 0.0692. The molecule has 5 nitrogen and oxygen atoms in total. The van der Waals surface area contributed by atoms with Crippen LogP contribution in [0.25, 0.3) is 44.9 Å². The van der Waals surface area contributed by atoms with Gasteiger partial charge in [-0.25, -0.2) is 14.2 Å². The van der Waals surface area contributed by atoms with Crippen molar-refractivity contribution >= 4 is 39.9 Å². The van der Waals surface area contributed by atoms with Crippen LogP contribution in [-0.2, 0) is 6.42 Å². The SMILES string of the molecule is CC(C)c1c(-c2cc(F)cc3[nH]ccc23)[nH]c(C(=O)O)c1-c1cccc2c1C=C(c1nccs1)C2. The number of carbonyl (C=O) groups is 1. The lowest BCUT2D eigenvalue weighted by Gasteiger charge is -2.15. The van der Waals surface area contributed by atoms with Gasteiger partial charge in [-0.15, -0.1) is 11.3 Å². The van der Waals surface area contributed by atoms with Gasteiger partial charge in [-0.2, -0.15) is 0 Å². The Morgan fingerprint density at radius 3 is 2.80 bits per heavy atom. The van der Waals surface area contributed by atoms with Crippen LogP contribution in [0.3, 0.4) is 0 Å². The predicted molar refractivity (Wildman–Crippen MR) is 138 cm³/mol. The van der Waals surface area contributed by atoms with Crippen LogP contribution < -0.4 is 0 Å². The summed E-state index contributed by atoms with van der Waals surface area (Å²) in [5.74, 6) is -1.44. The number of thiazole rings is 1. The molecular formula is C28H22FN3O2S. The molecule has 3 N–H and O–H groups in total. The molecule has 35 heavy (non-hydrogen) atoms. The van der Waals surface area contributed by atoms with Crippen molar-refractivity contribution in [3.63, 3.8) is 0 Å². The van der Waals surface area contributed by atoms with Gasteiger partial charge < -0.3 is 15.1 Å². The Kier molecular flexibility index (Phi) is 4.96. The number of aromatic carboxylic acids is 1. The molecule has 0 unspecified atom stereocenters. The number of nitrogens with zero attached hydrogens (tertiary/aromatic N) is 1. The summed E-state index contributed by atoms with van der Waals surface area (Å²) in [4.78, 5) is 23.2. The van der Waals surface area contributed by atoms with Gasteiger partial charge in [0.15, 0.2) is 0 Å². The molecule has 5 aromatic rings. The molecule has 7 heteroatoms. The standard InChI is InChI=1S/C28H22FN3O2S/c1-14(2)23-24(19-5-3-4-15-10-16(11-20(15)19)27-31-8-9-35-27)26(28(33)34)32-25(23)21-12-17(29)13-22-18(21)6-7-30-22/h3-9,11-14,30,32H,10H2,1-2H3,(H,33,34). The summed E-state index contributed by atoms with van der Waals surface area (Å²) >= 11 is 1.60. The Morgan fingerprint density at radius 2 is 2.06 bits per heavy atom. The zero-order valence-corrected chi connectivity index (χ0v) is 20.0. The highest BCUT2D eigenvalue weighted by atomic mass is 32.1. The number of nitrogens with one attached hydrogen (secondary N) is 2. The number of halogens is 1. The van der Waals surface area contributed by atoms with E-state index < -0.39 is 5.97 Å². The molecule has 0 radical (unpaired) electrons. The number of aromatic amines is 2. The van der Waals surface area contributed by atoms with Gasteiger partial charge in [0.05, 0.1) is 5.69 Å². The van der Waals surface area contributed by atoms with Gasteiger partial charge in [0, 0.05) is 46.2 Å². The lowest BCUT2D eigenvalue weighted by Crippen LogP contribution is -2.01. The van der Waals surface area contributed by atoms with Gasteiger partial charge in [0.1, 0.15) is 16.5 Å². The van der Waals surface area contributed by atoms with E-state index >= 15 is 0 Å². The zero-order chi connectivity index (χ0) is 24.3. The molecule has 0 spiro atoms. The van der Waals surface area contributed by atoms with Crippen molar-refractivity contribution in [1.82, 2.24) is 15.0 Å². The van der Waals surface area contributed by atoms with Crippen LogP contribution in [0.1, 0.15) is 52.0 Å². The second kappa shape index (κ2) is 8.06. The molecule has 3 aromatic heterocycles. The second-order valence-electron chi connectivity index (χ2n) is 9.08. The molecule has 0 atom stereocenters. The van der Waals surface area contributed by atoms with Crippen LogP contribution in [0.5, 0.6) is 0 Å². The molecule has 0 amide bonds. The van der Waals surface area contributed by atoms with Gasteiger partial charge in [0.2, 0.25) is 0 Å². The van der Waals surface area contributed by atoms with Crippen molar-refractivity contribution < 1.29 is 14.3 Å². The summed E-state index contributed by atoms with van der Waals surface area (Å²) in [6.07, 6.45) is 6.43. The number of carboxylic acids is 1. The molecule has 0 bridgehead atoms. The van der Waals surface area contributed by atoms with E-state index in [2.05, 4.69) is 27.1 Å². The maximum absolute atomic E-state index is 14.6. The molecule has 0 fully saturated rings. The number of allylic oxidation sites excluding steroid dienone is 1. The predicted octanol–water partition coefficient (Wildman–Crippen LogP) is 7.34. The summed E-state index contributed by atoms with van der Waals surface area (Å²) < 4.78 is 14.6. The van der Waals surface area contributed by atoms with Crippen LogP contribution in [0.2, 0.25) is 0 Å². The Morgan fingerprint density at radius 1 is 1.20 bits per heavy atom. The van der Waals surface area contributed by atoms with Crippen LogP contribution >= 0.6 is 11.3 Å². The fraction of sp³-hybridized carbons (Fsp3) is 0.143. The molecule has 0 saturated carbocycles. The Bertz CT molecular complexity index is 1640. The smallest absolute Gasteiger partial charge is 0.352 e. The van der Waals surface area contributed by atoms with E-state index in [4.69, 9.17) is 0 Å². The van der Waals surface area contributed by atoms with Crippen molar-refractivity contribution in [3.8, 4) is 22.4 Å².